The van der Waals surface area contributed by atoms with Crippen LogP contribution in [0.25, 0.3) is 110 Å². The second-order valence-corrected chi connectivity index (χ2v) is 18.6. The second kappa shape index (κ2) is 15.5. The summed E-state index contributed by atoms with van der Waals surface area (Å²) in [6.07, 6.45) is 1.80. The molecule has 328 valence electrons. The molecule has 12 rings (SSSR count). The molecule has 0 saturated carbocycles. The van der Waals surface area contributed by atoms with Gasteiger partial charge in [0.25, 0.3) is 0 Å². The van der Waals surface area contributed by atoms with Crippen molar-refractivity contribution in [1.82, 2.24) is 18.8 Å². The molecule has 0 aliphatic heterocycles. The summed E-state index contributed by atoms with van der Waals surface area (Å²) in [6, 6.07) is 46.6. The van der Waals surface area contributed by atoms with Crippen LogP contribution in [0.1, 0.15) is 107 Å². The van der Waals surface area contributed by atoms with Crippen molar-refractivity contribution in [3.63, 3.8) is 0 Å². The Hall–Kier alpha value is -6.55. The first kappa shape index (κ1) is 37.6. The molecule has 5 aromatic heterocycles. The summed E-state index contributed by atoms with van der Waals surface area (Å²) in [7, 11) is 0. The Morgan fingerprint density at radius 1 is 0.530 bits per heavy atom. The zero-order chi connectivity index (χ0) is 48.3. The summed E-state index contributed by atoms with van der Waals surface area (Å²) in [4.78, 5) is 10.4. The molecule has 12 aromatic rings. The van der Waals surface area contributed by atoms with Crippen LogP contribution >= 0.6 is 0 Å². The minimum atomic E-state index is -0.952. The number of phenols is 1. The number of rotatable bonds is 8. The number of fused-ring (bicyclic) bond motifs is 7. The number of pyridine rings is 1. The molecular formula is C60H51N4OPt-. The molecule has 0 unspecified atom stereocenters. The van der Waals surface area contributed by atoms with Crippen LogP contribution in [0.2, 0.25) is 0 Å². The summed E-state index contributed by atoms with van der Waals surface area (Å²) in [5.74, 6) is -3.57. The van der Waals surface area contributed by atoms with E-state index in [1.807, 2.05) is 128 Å². The van der Waals surface area contributed by atoms with Gasteiger partial charge in [0.05, 0.1) is 38.5 Å². The normalized spacial score (nSPS) is 13.9. The Labute approximate surface area is 405 Å². The zero-order valence-electron chi connectivity index (χ0n) is 42.3. The van der Waals surface area contributed by atoms with Crippen molar-refractivity contribution in [1.29, 1.82) is 0 Å². The summed E-state index contributed by atoms with van der Waals surface area (Å²) >= 11 is 0. The standard InChI is InChI=1S/C60H51N4O.Pt/c1-32(2)39-16-10-17-40(33(3)4)52(39)38-28-29-61-48(31-38)37-15-9-14-36(30-37)43-20-13-23-49-56(43)62-60-55-51(65)27-25-45-44-21-12-22-47-54-46(53-41(34(5)6)18-11-19-42(53)35(7)8)24-26-50(63(49)60)59(54)64(57(44)47)58(45)55;/h9-29,31-35,65H,1-8H3;/q-1;/i32D,33D,34D,35D;. The van der Waals surface area contributed by atoms with Crippen molar-refractivity contribution in [2.24, 2.45) is 0 Å². The average molecular weight is 1040 g/mol. The molecular weight excluding hydrogens is 988 g/mol. The number of nitrogens with zero attached hydrogens (tertiary/aromatic N) is 4. The van der Waals surface area contributed by atoms with Gasteiger partial charge in [0, 0.05) is 60.0 Å². The van der Waals surface area contributed by atoms with E-state index >= 15 is 0 Å². The molecule has 0 spiro atoms. The van der Waals surface area contributed by atoms with Gasteiger partial charge in [-0.1, -0.05) is 145 Å². The molecule has 5 heterocycles. The smallest absolute Gasteiger partial charge is 0.150 e. The van der Waals surface area contributed by atoms with Crippen LogP contribution in [-0.2, 0) is 21.1 Å². The number of imidazole rings is 1. The van der Waals surface area contributed by atoms with Gasteiger partial charge in [-0.15, -0.1) is 29.8 Å². The molecule has 0 atom stereocenters. The summed E-state index contributed by atoms with van der Waals surface area (Å²) in [5, 5.41) is 16.9. The van der Waals surface area contributed by atoms with Crippen molar-refractivity contribution in [2.75, 3.05) is 0 Å². The third kappa shape index (κ3) is 5.95. The zero-order valence-corrected chi connectivity index (χ0v) is 40.5. The Kier molecular flexibility index (Phi) is 8.86. The van der Waals surface area contributed by atoms with Crippen LogP contribution < -0.4 is 0 Å². The van der Waals surface area contributed by atoms with Crippen LogP contribution in [0.3, 0.4) is 0 Å². The van der Waals surface area contributed by atoms with Gasteiger partial charge in [0.1, 0.15) is 5.75 Å². The van der Waals surface area contributed by atoms with Gasteiger partial charge in [-0.3, -0.25) is 9.38 Å². The number of aromatic hydroxyl groups is 1. The van der Waals surface area contributed by atoms with E-state index < -0.39 is 23.6 Å². The molecule has 0 aliphatic carbocycles. The summed E-state index contributed by atoms with van der Waals surface area (Å²) < 4.78 is 41.4. The van der Waals surface area contributed by atoms with Crippen molar-refractivity contribution in [3.05, 3.63) is 162 Å². The molecule has 6 heteroatoms. The minimum absolute atomic E-state index is 0. The number of benzene rings is 7. The Bertz CT molecular complexity index is 4020. The summed E-state index contributed by atoms with van der Waals surface area (Å²) in [6.45, 7) is 15.2. The van der Waals surface area contributed by atoms with Crippen LogP contribution in [0, 0.1) is 6.07 Å². The number of phenolic OH excluding ortho intramolecular Hbond substituents is 1. The molecule has 0 bridgehead atoms. The van der Waals surface area contributed by atoms with Gasteiger partial charge < -0.3 is 9.51 Å². The number of hydrogen-bond acceptors (Lipinski definition) is 3. The van der Waals surface area contributed by atoms with Crippen molar-refractivity contribution < 1.29 is 31.7 Å². The van der Waals surface area contributed by atoms with Crippen LogP contribution in [-0.4, -0.2) is 23.9 Å². The third-order valence-electron chi connectivity index (χ3n) is 13.7. The second-order valence-electron chi connectivity index (χ2n) is 18.6. The predicted octanol–water partition coefficient (Wildman–Crippen LogP) is 16.3. The van der Waals surface area contributed by atoms with E-state index in [1.54, 1.807) is 12.3 Å². The van der Waals surface area contributed by atoms with Crippen molar-refractivity contribution in [3.8, 4) is 50.4 Å². The van der Waals surface area contributed by atoms with Crippen LogP contribution in [0.15, 0.2) is 134 Å². The van der Waals surface area contributed by atoms with Gasteiger partial charge in [-0.25, -0.2) is 4.98 Å². The van der Waals surface area contributed by atoms with E-state index in [1.165, 1.54) is 0 Å². The maximum Gasteiger partial charge on any atom is 0.150 e. The minimum Gasteiger partial charge on any atom is -0.507 e. The first-order valence-corrected chi connectivity index (χ1v) is 22.5. The van der Waals surface area contributed by atoms with Gasteiger partial charge in [-0.2, -0.15) is 0 Å². The Balaban J connectivity index is 0.00000533. The molecule has 0 saturated heterocycles. The Morgan fingerprint density at radius 2 is 1.14 bits per heavy atom. The topological polar surface area (TPSA) is 54.8 Å². The van der Waals surface area contributed by atoms with Crippen LogP contribution in [0.5, 0.6) is 5.75 Å². The van der Waals surface area contributed by atoms with Gasteiger partial charge in [-0.05, 0) is 98.4 Å². The molecule has 1 N–H and O–H groups in total. The Morgan fingerprint density at radius 3 is 1.83 bits per heavy atom. The number of hydrogen-bond donors (Lipinski definition) is 1. The molecule has 0 radical (unpaired) electrons. The molecule has 66 heavy (non-hydrogen) atoms. The largest absolute Gasteiger partial charge is 0.507 e. The number of para-hydroxylation sites is 2. The van der Waals surface area contributed by atoms with E-state index in [0.717, 1.165) is 122 Å². The van der Waals surface area contributed by atoms with E-state index in [-0.39, 0.29) is 26.8 Å². The number of aromatic nitrogens is 4. The van der Waals surface area contributed by atoms with Gasteiger partial charge in [0.2, 0.25) is 0 Å². The molecule has 0 fully saturated rings. The maximum atomic E-state index is 12.1. The average Bonchev–Trinajstić information content (AvgIpc) is 3.95. The SMILES string of the molecule is [2H]C(C)(C)c1cccc(C([2H])(C)C)c1-c1ccnc(-c2[c-]c(-c3cccc4c3nc3c5c(O)ccc6c7cccc8c9c(-c%10c(C([2H])(C)C)cccc%10C([2H])(C)C)ccc(c9n(c78)c65)n43)ccc2)c1.[Pt]. The maximum absolute atomic E-state index is 12.1. The van der Waals surface area contributed by atoms with E-state index in [0.29, 0.717) is 11.0 Å². The quantitative estimate of drug-likeness (QED) is 0.154. The van der Waals surface area contributed by atoms with Gasteiger partial charge in [0.15, 0.2) is 5.65 Å². The van der Waals surface area contributed by atoms with E-state index in [9.17, 15) is 7.85 Å². The summed E-state index contributed by atoms with van der Waals surface area (Å²) in [5.41, 5.74) is 16.4. The first-order valence-electron chi connectivity index (χ1n) is 24.5. The van der Waals surface area contributed by atoms with Crippen molar-refractivity contribution in [2.45, 2.75) is 79.0 Å². The molecule has 0 amide bonds. The van der Waals surface area contributed by atoms with E-state index in [4.69, 9.17) is 12.7 Å². The van der Waals surface area contributed by atoms with Crippen molar-refractivity contribution >= 4 is 65.7 Å². The molecule has 7 aromatic carbocycles. The first-order chi connectivity index (χ1) is 32.7. The fourth-order valence-electron chi connectivity index (χ4n) is 10.9. The van der Waals surface area contributed by atoms with E-state index in [2.05, 4.69) is 63.4 Å². The fraction of sp³-hybridized carbons (Fsp3) is 0.200. The molecule has 0 aliphatic rings. The monoisotopic (exact) mass is 1040 g/mol. The van der Waals surface area contributed by atoms with Gasteiger partial charge >= 0.3 is 0 Å². The molecule has 5 nitrogen and oxygen atoms in total. The van der Waals surface area contributed by atoms with Crippen LogP contribution in [0.4, 0.5) is 0 Å². The fourth-order valence-corrected chi connectivity index (χ4v) is 10.9. The predicted molar refractivity (Wildman–Crippen MR) is 272 cm³/mol. The third-order valence-corrected chi connectivity index (χ3v) is 13.7.